The largest absolute Gasteiger partial charge is 0.460 e. The zero-order chi connectivity index (χ0) is 31.8. The van der Waals surface area contributed by atoms with Gasteiger partial charge in [0.05, 0.1) is 23.7 Å². The average Bonchev–Trinajstić information content (AvgIpc) is 3.47. The van der Waals surface area contributed by atoms with Gasteiger partial charge in [0.1, 0.15) is 25.1 Å². The maximum Gasteiger partial charge on any atom is 0.348 e. The van der Waals surface area contributed by atoms with Gasteiger partial charge in [-0.2, -0.15) is 0 Å². The molecule has 0 unspecified atom stereocenters. The van der Waals surface area contributed by atoms with Crippen LogP contribution in [-0.2, 0) is 42.1 Å². The molecule has 0 aliphatic carbocycles. The minimum atomic E-state index is -2.36. The highest BCUT2D eigenvalue weighted by atomic mass is 19.1. The fourth-order valence-electron chi connectivity index (χ4n) is 4.66. The Morgan fingerprint density at radius 2 is 1.20 bits per heavy atom. The van der Waals surface area contributed by atoms with Crippen molar-refractivity contribution in [2.75, 3.05) is 6.61 Å². The lowest BCUT2D eigenvalue weighted by Crippen LogP contribution is -2.61. The molecule has 1 aromatic heterocycles. The molecule has 1 fully saturated rings. The van der Waals surface area contributed by atoms with E-state index < -0.39 is 61.3 Å². The summed E-state index contributed by atoms with van der Waals surface area (Å²) in [4.78, 5) is 52.1. The van der Waals surface area contributed by atoms with Gasteiger partial charge in [-0.05, 0) is 36.4 Å². The third kappa shape index (κ3) is 7.98. The Morgan fingerprint density at radius 3 is 1.67 bits per heavy atom. The minimum Gasteiger partial charge on any atom is -0.460 e. The second kappa shape index (κ2) is 14.4. The lowest BCUT2D eigenvalue weighted by molar-refractivity contribution is -0.671. The molecular weight excluding hydrogens is 587 g/mol. The summed E-state index contributed by atoms with van der Waals surface area (Å²) in [6.45, 7) is -0.733. The standard InChI is InChI=1S/C33H30FN2O9/c1-35-17-18-36(21-35)19-26(37)41-20-25-27(43-31(38)22-11-5-2-6-12-22)28(44-32(39)23-13-7-3-8-14-23)29(30(34)42-25)45-33(40)24-15-9-4-10-16-24/h2-18,21,25,27-30H,19-20H2,1H3/q+1/t25-,27-,28+,29+,30+/m1/s1. The number of aryl methyl sites for hydroxylation is 1. The van der Waals surface area contributed by atoms with Gasteiger partial charge in [0.25, 0.3) is 0 Å². The van der Waals surface area contributed by atoms with Crippen LogP contribution in [0.25, 0.3) is 0 Å². The van der Waals surface area contributed by atoms with E-state index in [1.807, 2.05) is 0 Å². The van der Waals surface area contributed by atoms with E-state index in [4.69, 9.17) is 23.7 Å². The van der Waals surface area contributed by atoms with Crippen molar-refractivity contribution in [3.8, 4) is 0 Å². The summed E-state index contributed by atoms with van der Waals surface area (Å²) in [5, 5.41) is 0. The molecule has 0 bridgehead atoms. The van der Waals surface area contributed by atoms with Crippen molar-refractivity contribution in [3.05, 3.63) is 126 Å². The number of esters is 4. The molecular formula is C33H30FN2O9+. The molecule has 232 valence electrons. The Morgan fingerprint density at radius 1 is 0.733 bits per heavy atom. The Balaban J connectivity index is 1.45. The molecule has 0 radical (unpaired) electrons. The summed E-state index contributed by atoms with van der Waals surface area (Å²) in [7, 11) is 1.78. The van der Waals surface area contributed by atoms with Crippen LogP contribution < -0.4 is 4.57 Å². The van der Waals surface area contributed by atoms with E-state index in [1.165, 1.54) is 36.4 Å². The van der Waals surface area contributed by atoms with Crippen LogP contribution in [0.2, 0.25) is 0 Å². The number of hydrogen-bond acceptors (Lipinski definition) is 9. The first-order valence-electron chi connectivity index (χ1n) is 14.0. The van der Waals surface area contributed by atoms with E-state index in [-0.39, 0.29) is 23.2 Å². The van der Waals surface area contributed by atoms with Crippen LogP contribution in [0.1, 0.15) is 31.1 Å². The normalized spacial score (nSPS) is 20.9. The van der Waals surface area contributed by atoms with Crippen molar-refractivity contribution in [3.63, 3.8) is 0 Å². The number of alkyl halides is 1. The second-order valence-electron chi connectivity index (χ2n) is 10.2. The number of hydrogen-bond donors (Lipinski definition) is 0. The molecule has 5 atom stereocenters. The minimum absolute atomic E-state index is 0.102. The van der Waals surface area contributed by atoms with Crippen LogP contribution in [0, 0.1) is 0 Å². The van der Waals surface area contributed by atoms with Gasteiger partial charge < -0.3 is 23.7 Å². The summed E-state index contributed by atoms with van der Waals surface area (Å²) < 4.78 is 47.0. The van der Waals surface area contributed by atoms with Gasteiger partial charge >= 0.3 is 23.9 Å². The summed E-state index contributed by atoms with van der Waals surface area (Å²) in [6.07, 6.45) is -3.88. The van der Waals surface area contributed by atoms with Gasteiger partial charge in [0.2, 0.25) is 12.7 Å². The lowest BCUT2D eigenvalue weighted by Gasteiger charge is -2.42. The van der Waals surface area contributed by atoms with Crippen LogP contribution in [0.5, 0.6) is 0 Å². The molecule has 1 saturated heterocycles. The molecule has 2 heterocycles. The van der Waals surface area contributed by atoms with Crippen molar-refractivity contribution in [1.29, 1.82) is 0 Å². The number of aromatic nitrogens is 2. The van der Waals surface area contributed by atoms with Crippen LogP contribution >= 0.6 is 0 Å². The monoisotopic (exact) mass is 617 g/mol. The van der Waals surface area contributed by atoms with Gasteiger partial charge in [0.15, 0.2) is 24.9 Å². The number of nitrogens with zero attached hydrogens (tertiary/aromatic N) is 2. The van der Waals surface area contributed by atoms with Crippen molar-refractivity contribution >= 4 is 23.9 Å². The van der Waals surface area contributed by atoms with E-state index in [2.05, 4.69) is 0 Å². The molecule has 3 aromatic carbocycles. The fraction of sp³-hybridized carbons (Fsp3) is 0.242. The Hall–Kier alpha value is -5.36. The number of rotatable bonds is 10. The first-order valence-corrected chi connectivity index (χ1v) is 14.0. The SMILES string of the molecule is C[n+]1ccn(CC(=O)OC[C@H]2O[C@H](F)[C@@H](OC(=O)c3ccccc3)[C@@H](OC(=O)c3ccccc3)[C@@H]2OC(=O)c2ccccc2)c1. The third-order valence-electron chi connectivity index (χ3n) is 6.88. The molecule has 0 spiro atoms. The molecule has 12 heteroatoms. The smallest absolute Gasteiger partial charge is 0.348 e. The number of imidazole rings is 1. The number of carbonyl (C=O) groups excluding carboxylic acids is 4. The molecule has 0 amide bonds. The molecule has 5 rings (SSSR count). The van der Waals surface area contributed by atoms with Crippen molar-refractivity contribution in [2.24, 2.45) is 7.05 Å². The van der Waals surface area contributed by atoms with Crippen LogP contribution in [-0.4, -0.2) is 65.8 Å². The Bertz CT molecular complexity index is 1610. The summed E-state index contributed by atoms with van der Waals surface area (Å²) in [5.74, 6) is -3.36. The van der Waals surface area contributed by atoms with E-state index in [9.17, 15) is 19.2 Å². The van der Waals surface area contributed by atoms with E-state index >= 15 is 4.39 Å². The van der Waals surface area contributed by atoms with E-state index in [0.29, 0.717) is 0 Å². The van der Waals surface area contributed by atoms with Crippen molar-refractivity contribution in [2.45, 2.75) is 37.3 Å². The van der Waals surface area contributed by atoms with E-state index in [1.54, 1.807) is 89.5 Å². The topological polar surface area (TPSA) is 123 Å². The first kappa shape index (κ1) is 31.1. The number of benzene rings is 3. The lowest BCUT2D eigenvalue weighted by atomic mass is 9.98. The first-order chi connectivity index (χ1) is 21.8. The van der Waals surface area contributed by atoms with Gasteiger partial charge in [-0.1, -0.05) is 54.6 Å². The van der Waals surface area contributed by atoms with Gasteiger partial charge in [-0.3, -0.25) is 0 Å². The second-order valence-corrected chi connectivity index (χ2v) is 10.2. The molecule has 4 aromatic rings. The summed E-state index contributed by atoms with van der Waals surface area (Å²) in [6, 6.07) is 23.6. The number of carbonyl (C=O) groups is 4. The highest BCUT2D eigenvalue weighted by Gasteiger charge is 2.53. The van der Waals surface area contributed by atoms with Crippen molar-refractivity contribution < 1.29 is 51.8 Å². The summed E-state index contributed by atoms with van der Waals surface area (Å²) >= 11 is 0. The summed E-state index contributed by atoms with van der Waals surface area (Å²) in [5.41, 5.74) is 0.357. The third-order valence-corrected chi connectivity index (χ3v) is 6.88. The van der Waals surface area contributed by atoms with Gasteiger partial charge in [-0.15, -0.1) is 0 Å². The molecule has 0 N–H and O–H groups in total. The molecule has 45 heavy (non-hydrogen) atoms. The number of ether oxygens (including phenoxy) is 5. The van der Waals surface area contributed by atoms with Crippen molar-refractivity contribution in [1.82, 2.24) is 4.57 Å². The molecule has 0 saturated carbocycles. The quantitative estimate of drug-likeness (QED) is 0.150. The van der Waals surface area contributed by atoms with Gasteiger partial charge in [-0.25, -0.2) is 32.7 Å². The highest BCUT2D eigenvalue weighted by molar-refractivity contribution is 5.91. The fourth-order valence-corrected chi connectivity index (χ4v) is 4.66. The predicted molar refractivity (Wildman–Crippen MR) is 153 cm³/mol. The highest BCUT2D eigenvalue weighted by Crippen LogP contribution is 2.31. The maximum atomic E-state index is 15.8. The zero-order valence-electron chi connectivity index (χ0n) is 24.1. The van der Waals surface area contributed by atoms with Crippen LogP contribution in [0.3, 0.4) is 0 Å². The predicted octanol–water partition coefficient (Wildman–Crippen LogP) is 3.23. The molecule has 1 aliphatic heterocycles. The average molecular weight is 618 g/mol. The molecule has 1 aliphatic rings. The van der Waals surface area contributed by atoms with Crippen LogP contribution in [0.15, 0.2) is 110 Å². The van der Waals surface area contributed by atoms with Crippen LogP contribution in [0.4, 0.5) is 4.39 Å². The molecule has 11 nitrogen and oxygen atoms in total. The number of halogens is 1. The Labute approximate surface area is 257 Å². The van der Waals surface area contributed by atoms with Gasteiger partial charge in [0, 0.05) is 0 Å². The zero-order valence-corrected chi connectivity index (χ0v) is 24.1. The Kier molecular flexibility index (Phi) is 9.95. The maximum absolute atomic E-state index is 15.8. The van der Waals surface area contributed by atoms with E-state index in [0.717, 1.165) is 0 Å².